The van der Waals surface area contributed by atoms with Crippen LogP contribution in [0, 0.1) is 5.92 Å². The molecular weight excluding hydrogens is 264 g/mol. The fourth-order valence-corrected chi connectivity index (χ4v) is 3.46. The molecule has 0 radical (unpaired) electrons. The standard InChI is InChI=1S/C18H28O3/c1-4-6-14-7-5-9-18(19,10-8-14)15-11-16(20-2)13-17(12-15)21-3/h11-14,19H,4-10H2,1-3H3. The van der Waals surface area contributed by atoms with Crippen LogP contribution in [0.15, 0.2) is 18.2 Å². The molecule has 1 aromatic carbocycles. The predicted molar refractivity (Wildman–Crippen MR) is 84.9 cm³/mol. The molecule has 0 aromatic heterocycles. The molecule has 3 heteroatoms. The van der Waals surface area contributed by atoms with Crippen molar-refractivity contribution in [1.29, 1.82) is 0 Å². The second-order valence-corrected chi connectivity index (χ2v) is 6.22. The van der Waals surface area contributed by atoms with Gasteiger partial charge in [0.1, 0.15) is 11.5 Å². The summed E-state index contributed by atoms with van der Waals surface area (Å²) in [4.78, 5) is 0. The average molecular weight is 292 g/mol. The van der Waals surface area contributed by atoms with Crippen molar-refractivity contribution < 1.29 is 14.6 Å². The molecule has 1 saturated carbocycles. The zero-order valence-electron chi connectivity index (χ0n) is 13.5. The normalized spacial score (nSPS) is 26.2. The number of aliphatic hydroxyl groups is 1. The molecule has 0 saturated heterocycles. The second-order valence-electron chi connectivity index (χ2n) is 6.22. The predicted octanol–water partition coefficient (Wildman–Crippen LogP) is 4.27. The summed E-state index contributed by atoms with van der Waals surface area (Å²) in [7, 11) is 3.29. The van der Waals surface area contributed by atoms with E-state index in [-0.39, 0.29) is 0 Å². The Labute approximate surface area is 128 Å². The lowest BCUT2D eigenvalue weighted by molar-refractivity contribution is 0.0191. The van der Waals surface area contributed by atoms with Gasteiger partial charge in [0.15, 0.2) is 0 Å². The highest BCUT2D eigenvalue weighted by atomic mass is 16.5. The third-order valence-corrected chi connectivity index (χ3v) is 4.75. The fraction of sp³-hybridized carbons (Fsp3) is 0.667. The lowest BCUT2D eigenvalue weighted by Gasteiger charge is -2.28. The van der Waals surface area contributed by atoms with Gasteiger partial charge in [0, 0.05) is 6.07 Å². The van der Waals surface area contributed by atoms with E-state index in [9.17, 15) is 5.11 Å². The molecule has 1 fully saturated rings. The van der Waals surface area contributed by atoms with Gasteiger partial charge in [-0.3, -0.25) is 0 Å². The molecule has 1 N–H and O–H groups in total. The SMILES string of the molecule is CCCC1CCCC(O)(c2cc(OC)cc(OC)c2)CC1. The van der Waals surface area contributed by atoms with Crippen LogP contribution in [0.1, 0.15) is 57.4 Å². The molecule has 0 amide bonds. The van der Waals surface area contributed by atoms with Crippen LogP contribution in [0.2, 0.25) is 0 Å². The monoisotopic (exact) mass is 292 g/mol. The van der Waals surface area contributed by atoms with Gasteiger partial charge in [0.05, 0.1) is 19.8 Å². The number of hydrogen-bond donors (Lipinski definition) is 1. The summed E-state index contributed by atoms with van der Waals surface area (Å²) < 4.78 is 10.7. The van der Waals surface area contributed by atoms with E-state index < -0.39 is 5.60 Å². The topological polar surface area (TPSA) is 38.7 Å². The van der Waals surface area contributed by atoms with Crippen molar-refractivity contribution in [2.24, 2.45) is 5.92 Å². The molecule has 2 atom stereocenters. The van der Waals surface area contributed by atoms with Gasteiger partial charge in [-0.05, 0) is 49.3 Å². The van der Waals surface area contributed by atoms with E-state index in [4.69, 9.17) is 9.47 Å². The molecular formula is C18H28O3. The van der Waals surface area contributed by atoms with Crippen LogP contribution in [-0.2, 0) is 5.60 Å². The summed E-state index contributed by atoms with van der Waals surface area (Å²) in [5.41, 5.74) is 0.181. The van der Waals surface area contributed by atoms with Gasteiger partial charge in [0.2, 0.25) is 0 Å². The third kappa shape index (κ3) is 3.91. The molecule has 118 valence electrons. The van der Waals surface area contributed by atoms with E-state index in [1.165, 1.54) is 19.3 Å². The first-order valence-electron chi connectivity index (χ1n) is 8.07. The first-order valence-corrected chi connectivity index (χ1v) is 8.07. The van der Waals surface area contributed by atoms with Crippen LogP contribution in [0.5, 0.6) is 11.5 Å². The molecule has 2 rings (SSSR count). The Morgan fingerprint density at radius 3 is 2.33 bits per heavy atom. The van der Waals surface area contributed by atoms with Crippen LogP contribution in [0.3, 0.4) is 0 Å². The zero-order chi connectivity index (χ0) is 15.3. The van der Waals surface area contributed by atoms with Gasteiger partial charge in [-0.1, -0.05) is 26.2 Å². The van der Waals surface area contributed by atoms with E-state index in [1.54, 1.807) is 14.2 Å². The first-order chi connectivity index (χ1) is 10.1. The molecule has 1 aliphatic rings. The van der Waals surface area contributed by atoms with E-state index in [0.29, 0.717) is 0 Å². The minimum absolute atomic E-state index is 0.743. The molecule has 0 aliphatic heterocycles. The molecule has 3 nitrogen and oxygen atoms in total. The number of hydrogen-bond acceptors (Lipinski definition) is 3. The Morgan fingerprint density at radius 1 is 1.10 bits per heavy atom. The van der Waals surface area contributed by atoms with Gasteiger partial charge in [-0.25, -0.2) is 0 Å². The number of benzene rings is 1. The first kappa shape index (κ1) is 16.2. The smallest absolute Gasteiger partial charge is 0.122 e. The van der Waals surface area contributed by atoms with Crippen molar-refractivity contribution in [3.05, 3.63) is 23.8 Å². The van der Waals surface area contributed by atoms with Crippen LogP contribution >= 0.6 is 0 Å². The van der Waals surface area contributed by atoms with Crippen molar-refractivity contribution >= 4 is 0 Å². The lowest BCUT2D eigenvalue weighted by atomic mass is 9.85. The van der Waals surface area contributed by atoms with Crippen LogP contribution in [-0.4, -0.2) is 19.3 Å². The van der Waals surface area contributed by atoms with Crippen molar-refractivity contribution in [2.75, 3.05) is 14.2 Å². The van der Waals surface area contributed by atoms with Crippen LogP contribution in [0.25, 0.3) is 0 Å². The average Bonchev–Trinajstić information content (AvgIpc) is 2.70. The van der Waals surface area contributed by atoms with Crippen molar-refractivity contribution in [1.82, 2.24) is 0 Å². The summed E-state index contributed by atoms with van der Waals surface area (Å²) >= 11 is 0. The number of rotatable bonds is 5. The Kier molecular flexibility index (Phi) is 5.51. The molecule has 21 heavy (non-hydrogen) atoms. The van der Waals surface area contributed by atoms with Crippen LogP contribution in [0.4, 0.5) is 0 Å². The van der Waals surface area contributed by atoms with Gasteiger partial charge in [0.25, 0.3) is 0 Å². The van der Waals surface area contributed by atoms with Gasteiger partial charge >= 0.3 is 0 Å². The highest BCUT2D eigenvalue weighted by Crippen LogP contribution is 2.41. The minimum atomic E-state index is -0.746. The molecule has 2 unspecified atom stereocenters. The second kappa shape index (κ2) is 7.17. The van der Waals surface area contributed by atoms with E-state index in [2.05, 4.69) is 6.92 Å². The molecule has 0 bridgehead atoms. The van der Waals surface area contributed by atoms with E-state index in [0.717, 1.165) is 48.7 Å². The van der Waals surface area contributed by atoms with Crippen molar-refractivity contribution in [2.45, 2.75) is 57.5 Å². The van der Waals surface area contributed by atoms with E-state index in [1.807, 2.05) is 18.2 Å². The molecule has 0 heterocycles. The molecule has 0 spiro atoms. The molecule has 1 aliphatic carbocycles. The van der Waals surface area contributed by atoms with Crippen LogP contribution < -0.4 is 9.47 Å². The zero-order valence-corrected chi connectivity index (χ0v) is 13.5. The Bertz CT molecular complexity index is 436. The summed E-state index contributed by atoms with van der Waals surface area (Å²) in [6, 6.07) is 5.74. The highest BCUT2D eigenvalue weighted by molar-refractivity contribution is 5.41. The Balaban J connectivity index is 2.22. The number of ether oxygens (including phenoxy) is 2. The van der Waals surface area contributed by atoms with Crippen molar-refractivity contribution in [3.8, 4) is 11.5 Å². The summed E-state index contributed by atoms with van der Waals surface area (Å²) in [6.45, 7) is 2.24. The highest BCUT2D eigenvalue weighted by Gasteiger charge is 2.33. The fourth-order valence-electron chi connectivity index (χ4n) is 3.46. The Hall–Kier alpha value is -1.22. The van der Waals surface area contributed by atoms with Gasteiger partial charge in [-0.2, -0.15) is 0 Å². The maximum atomic E-state index is 11.1. The maximum absolute atomic E-state index is 11.1. The summed E-state index contributed by atoms with van der Waals surface area (Å²) in [6.07, 6.45) is 7.58. The summed E-state index contributed by atoms with van der Waals surface area (Å²) in [5.74, 6) is 2.25. The van der Waals surface area contributed by atoms with Gasteiger partial charge < -0.3 is 14.6 Å². The lowest BCUT2D eigenvalue weighted by Crippen LogP contribution is -2.25. The van der Waals surface area contributed by atoms with Crippen molar-refractivity contribution in [3.63, 3.8) is 0 Å². The minimum Gasteiger partial charge on any atom is -0.497 e. The number of methoxy groups -OCH3 is 2. The molecule has 1 aromatic rings. The Morgan fingerprint density at radius 2 is 1.76 bits per heavy atom. The quantitative estimate of drug-likeness (QED) is 0.824. The van der Waals surface area contributed by atoms with E-state index >= 15 is 0 Å². The largest absolute Gasteiger partial charge is 0.497 e. The van der Waals surface area contributed by atoms with Gasteiger partial charge in [-0.15, -0.1) is 0 Å². The maximum Gasteiger partial charge on any atom is 0.122 e. The third-order valence-electron chi connectivity index (χ3n) is 4.75. The summed E-state index contributed by atoms with van der Waals surface area (Å²) in [5, 5.41) is 11.1.